The summed E-state index contributed by atoms with van der Waals surface area (Å²) in [6, 6.07) is 12.9. The molecular formula is C35H38N6O3. The fraction of sp³-hybridized carbons (Fsp3) is 0.400. The van der Waals surface area contributed by atoms with E-state index in [0.29, 0.717) is 13.1 Å². The first-order valence-corrected chi connectivity index (χ1v) is 15.7. The molecule has 0 spiro atoms. The number of carbonyl (C=O) groups excluding carboxylic acids is 1. The van der Waals surface area contributed by atoms with Gasteiger partial charge in [-0.2, -0.15) is 0 Å². The van der Waals surface area contributed by atoms with Crippen LogP contribution in [0.3, 0.4) is 0 Å². The molecule has 0 unspecified atom stereocenters. The Labute approximate surface area is 256 Å². The molecule has 1 atom stereocenters. The van der Waals surface area contributed by atoms with Crippen LogP contribution in [0.5, 0.6) is 0 Å². The van der Waals surface area contributed by atoms with Crippen molar-refractivity contribution in [3.63, 3.8) is 0 Å². The predicted molar refractivity (Wildman–Crippen MR) is 169 cm³/mol. The van der Waals surface area contributed by atoms with Gasteiger partial charge >= 0.3 is 5.97 Å². The van der Waals surface area contributed by atoms with E-state index in [0.717, 1.165) is 101 Å². The summed E-state index contributed by atoms with van der Waals surface area (Å²) in [5.74, 6) is -1.24. The van der Waals surface area contributed by atoms with E-state index in [2.05, 4.69) is 47.6 Å². The Kier molecular flexibility index (Phi) is 7.19. The van der Waals surface area contributed by atoms with E-state index in [9.17, 15) is 14.7 Å². The number of rotatable bonds is 2. The van der Waals surface area contributed by atoms with Crippen molar-refractivity contribution in [1.29, 1.82) is 0 Å². The van der Waals surface area contributed by atoms with Gasteiger partial charge in [0.2, 0.25) is 0 Å². The van der Waals surface area contributed by atoms with Crippen molar-refractivity contribution in [3.8, 4) is 0 Å². The Balaban J connectivity index is 1.32. The molecule has 5 aromatic rings. The first kappa shape index (κ1) is 28.3. The summed E-state index contributed by atoms with van der Waals surface area (Å²) >= 11 is 0. The van der Waals surface area contributed by atoms with E-state index in [1.54, 1.807) is 0 Å². The molecule has 0 radical (unpaired) electrons. The summed E-state index contributed by atoms with van der Waals surface area (Å²) in [5, 5.41) is 20.0. The van der Waals surface area contributed by atoms with Gasteiger partial charge in [0, 0.05) is 49.7 Å². The van der Waals surface area contributed by atoms with Crippen LogP contribution in [0.25, 0.3) is 22.1 Å². The molecule has 6 heterocycles. The summed E-state index contributed by atoms with van der Waals surface area (Å²) in [4.78, 5) is 32.9. The van der Waals surface area contributed by atoms with Crippen molar-refractivity contribution in [2.75, 3.05) is 6.54 Å². The van der Waals surface area contributed by atoms with Gasteiger partial charge in [-0.05, 0) is 90.6 Å². The van der Waals surface area contributed by atoms with Gasteiger partial charge in [-0.25, -0.2) is 9.67 Å². The van der Waals surface area contributed by atoms with Crippen molar-refractivity contribution in [2.24, 2.45) is 7.05 Å². The van der Waals surface area contributed by atoms with Crippen LogP contribution in [0.2, 0.25) is 0 Å². The number of aryl methyl sites for hydroxylation is 5. The Morgan fingerprint density at radius 3 is 2.66 bits per heavy atom. The van der Waals surface area contributed by atoms with Crippen LogP contribution in [0.4, 0.5) is 0 Å². The second-order valence-electron chi connectivity index (χ2n) is 12.5. The lowest BCUT2D eigenvalue weighted by Gasteiger charge is -2.30. The van der Waals surface area contributed by atoms with E-state index in [1.807, 2.05) is 40.4 Å². The number of carbonyl (C=O) groups is 2. The van der Waals surface area contributed by atoms with E-state index < -0.39 is 11.9 Å². The maximum absolute atomic E-state index is 14.1. The molecular weight excluding hydrogens is 552 g/mol. The van der Waals surface area contributed by atoms with Gasteiger partial charge in [0.1, 0.15) is 11.2 Å². The molecule has 0 saturated heterocycles. The standard InChI is InChI=1S/C35H38N6O3/c1-21-29-19-36-34-32(21)37-38-41(34)14-7-5-4-6-8-23-9-12-30-27(16-23)22(2)33(39(30)3)35(44)40-15-13-24-10-11-25(17-26(24)20-40)28(29)18-31(42)43/h9-12,16-17,19,28H,4-8,13-15,18,20H2,1-3H3,(H,42,43)/t28-/m1/s1. The third-order valence-corrected chi connectivity index (χ3v) is 9.81. The summed E-state index contributed by atoms with van der Waals surface area (Å²) in [6.45, 7) is 5.93. The van der Waals surface area contributed by atoms with Crippen molar-refractivity contribution in [2.45, 2.75) is 77.8 Å². The van der Waals surface area contributed by atoms with Crippen LogP contribution in [0.1, 0.15) is 87.5 Å². The molecule has 3 aromatic heterocycles. The summed E-state index contributed by atoms with van der Waals surface area (Å²) in [7, 11) is 1.99. The van der Waals surface area contributed by atoms with Crippen LogP contribution in [0, 0.1) is 13.8 Å². The monoisotopic (exact) mass is 590 g/mol. The lowest BCUT2D eigenvalue weighted by Crippen LogP contribution is -2.37. The average molecular weight is 591 g/mol. The molecule has 0 saturated carbocycles. The Morgan fingerprint density at radius 2 is 1.82 bits per heavy atom. The van der Waals surface area contributed by atoms with Crippen molar-refractivity contribution in [1.82, 2.24) is 29.4 Å². The Hall–Kier alpha value is -4.53. The molecule has 9 nitrogen and oxygen atoms in total. The fourth-order valence-electron chi connectivity index (χ4n) is 7.32. The van der Waals surface area contributed by atoms with Crippen LogP contribution < -0.4 is 0 Å². The van der Waals surface area contributed by atoms with Crippen LogP contribution >= 0.6 is 0 Å². The van der Waals surface area contributed by atoms with Crippen LogP contribution in [0.15, 0.2) is 42.6 Å². The maximum Gasteiger partial charge on any atom is 0.304 e. The third kappa shape index (κ3) is 4.84. The van der Waals surface area contributed by atoms with E-state index in [1.165, 1.54) is 11.1 Å². The molecule has 1 amide bonds. The topological polar surface area (TPSA) is 106 Å². The molecule has 0 fully saturated rings. The number of carboxylic acids is 1. The van der Waals surface area contributed by atoms with Gasteiger partial charge < -0.3 is 14.6 Å². The number of benzene rings is 2. The SMILES string of the molecule is Cc1c2n(C)c3ccc(cc13)CCCCCCn1nnc3c(C)c(cnc31)[C@H](CC(=O)O)c1ccc3c(c1)CN(CC3)C2=O. The summed E-state index contributed by atoms with van der Waals surface area (Å²) < 4.78 is 3.92. The van der Waals surface area contributed by atoms with Crippen molar-refractivity contribution < 1.29 is 14.7 Å². The molecule has 3 aliphatic heterocycles. The molecule has 1 N–H and O–H groups in total. The average Bonchev–Trinajstić information content (AvgIpc) is 3.54. The van der Waals surface area contributed by atoms with Gasteiger partial charge in [-0.3, -0.25) is 9.59 Å². The fourth-order valence-corrected chi connectivity index (χ4v) is 7.32. The van der Waals surface area contributed by atoms with Gasteiger partial charge in [-0.1, -0.05) is 42.3 Å². The predicted octanol–water partition coefficient (Wildman–Crippen LogP) is 5.86. The molecule has 226 valence electrons. The number of fused-ring (bicyclic) bond motifs is 6. The van der Waals surface area contributed by atoms with E-state index in [4.69, 9.17) is 4.98 Å². The number of aliphatic carboxylic acids is 1. The number of carboxylic acid groups (broad SMARTS) is 1. The normalized spacial score (nSPS) is 17.6. The van der Waals surface area contributed by atoms with Crippen LogP contribution in [-0.4, -0.2) is 53.0 Å². The number of hydrogen-bond acceptors (Lipinski definition) is 5. The lowest BCUT2D eigenvalue weighted by atomic mass is 9.84. The summed E-state index contributed by atoms with van der Waals surface area (Å²) in [6.07, 6.45) is 7.78. The molecule has 3 aliphatic rings. The quantitative estimate of drug-likeness (QED) is 0.276. The number of pyridine rings is 1. The smallest absolute Gasteiger partial charge is 0.304 e. The minimum Gasteiger partial charge on any atom is -0.481 e. The zero-order chi connectivity index (χ0) is 30.5. The molecule has 2 aromatic carbocycles. The number of nitrogens with zero attached hydrogens (tertiary/aromatic N) is 6. The second kappa shape index (κ2) is 11.2. The first-order valence-electron chi connectivity index (χ1n) is 15.7. The lowest BCUT2D eigenvalue weighted by molar-refractivity contribution is -0.137. The van der Waals surface area contributed by atoms with Crippen LogP contribution in [-0.2, 0) is 37.8 Å². The van der Waals surface area contributed by atoms with E-state index in [-0.39, 0.29) is 12.3 Å². The van der Waals surface area contributed by atoms with E-state index >= 15 is 0 Å². The molecule has 10 bridgehead atoms. The van der Waals surface area contributed by atoms with Gasteiger partial charge in [0.15, 0.2) is 5.65 Å². The van der Waals surface area contributed by atoms with Gasteiger partial charge in [0.25, 0.3) is 5.91 Å². The highest BCUT2D eigenvalue weighted by Crippen LogP contribution is 2.35. The minimum atomic E-state index is -0.876. The zero-order valence-electron chi connectivity index (χ0n) is 25.6. The molecule has 8 rings (SSSR count). The summed E-state index contributed by atoms with van der Waals surface area (Å²) in [5.41, 5.74) is 10.5. The number of amides is 1. The van der Waals surface area contributed by atoms with Gasteiger partial charge in [-0.15, -0.1) is 5.10 Å². The molecule has 9 heteroatoms. The van der Waals surface area contributed by atoms with Crippen molar-refractivity contribution >= 4 is 33.9 Å². The largest absolute Gasteiger partial charge is 0.481 e. The first-order chi connectivity index (χ1) is 21.3. The highest BCUT2D eigenvalue weighted by atomic mass is 16.4. The highest BCUT2D eigenvalue weighted by molar-refractivity contribution is 6.01. The maximum atomic E-state index is 14.1. The Morgan fingerprint density at radius 1 is 0.977 bits per heavy atom. The number of hydrogen-bond donors (Lipinski definition) is 1. The van der Waals surface area contributed by atoms with Crippen molar-refractivity contribution in [3.05, 3.63) is 87.2 Å². The molecule has 44 heavy (non-hydrogen) atoms. The third-order valence-electron chi connectivity index (χ3n) is 9.81. The highest BCUT2D eigenvalue weighted by Gasteiger charge is 2.29. The zero-order valence-corrected chi connectivity index (χ0v) is 25.6. The minimum absolute atomic E-state index is 0.0351. The molecule has 0 aliphatic carbocycles. The van der Waals surface area contributed by atoms with Gasteiger partial charge in [0.05, 0.1) is 6.42 Å². The second-order valence-corrected chi connectivity index (χ2v) is 12.5. The number of aromatic nitrogens is 5. The Bertz CT molecular complexity index is 1940.